The Morgan fingerprint density at radius 1 is 1.19 bits per heavy atom. The normalized spacial score (nSPS) is 10.4. The largest absolute Gasteiger partial charge is 0.488 e. The van der Waals surface area contributed by atoms with E-state index in [9.17, 15) is 0 Å². The van der Waals surface area contributed by atoms with Gasteiger partial charge in [0.05, 0.1) is 4.47 Å². The van der Waals surface area contributed by atoms with Crippen molar-refractivity contribution in [3.05, 3.63) is 50.6 Å². The minimum Gasteiger partial charge on any atom is -0.488 e. The van der Waals surface area contributed by atoms with Gasteiger partial charge >= 0.3 is 0 Å². The number of hydrogen-bond acceptors (Lipinski definition) is 2. The predicted octanol–water partition coefficient (Wildman–Crippen LogP) is 4.98. The zero-order chi connectivity index (χ0) is 11.4. The van der Waals surface area contributed by atoms with E-state index in [1.54, 1.807) is 11.3 Å². The van der Waals surface area contributed by atoms with Gasteiger partial charge in [-0.3, -0.25) is 0 Å². The SMILES string of the molecule is BrCc1ccc(OCc2ccsc2)c(Br)c1. The molecule has 0 saturated carbocycles. The number of halogens is 2. The summed E-state index contributed by atoms with van der Waals surface area (Å²) in [6.07, 6.45) is 0. The van der Waals surface area contributed by atoms with Crippen molar-refractivity contribution >= 4 is 43.2 Å². The van der Waals surface area contributed by atoms with Crippen molar-refractivity contribution < 1.29 is 4.74 Å². The Morgan fingerprint density at radius 2 is 2.06 bits per heavy atom. The molecule has 0 atom stereocenters. The van der Waals surface area contributed by atoms with Crippen LogP contribution in [0.25, 0.3) is 0 Å². The first-order valence-corrected chi connectivity index (χ1v) is 7.63. The fourth-order valence-electron chi connectivity index (χ4n) is 1.28. The third-order valence-corrected chi connectivity index (χ3v) is 4.12. The lowest BCUT2D eigenvalue weighted by Gasteiger charge is -2.08. The van der Waals surface area contributed by atoms with Crippen LogP contribution in [0.3, 0.4) is 0 Å². The van der Waals surface area contributed by atoms with E-state index in [0.717, 1.165) is 15.6 Å². The summed E-state index contributed by atoms with van der Waals surface area (Å²) < 4.78 is 6.72. The first-order valence-electron chi connectivity index (χ1n) is 4.78. The highest BCUT2D eigenvalue weighted by atomic mass is 79.9. The quantitative estimate of drug-likeness (QED) is 0.697. The molecule has 4 heteroatoms. The van der Waals surface area contributed by atoms with Gasteiger partial charge in [-0.05, 0) is 56.0 Å². The lowest BCUT2D eigenvalue weighted by molar-refractivity contribution is 0.304. The minimum atomic E-state index is 0.621. The minimum absolute atomic E-state index is 0.621. The highest BCUT2D eigenvalue weighted by Crippen LogP contribution is 2.27. The molecule has 0 aliphatic rings. The maximum atomic E-state index is 5.73. The Hall–Kier alpha value is -0.320. The molecule has 0 fully saturated rings. The van der Waals surface area contributed by atoms with Crippen molar-refractivity contribution in [1.29, 1.82) is 0 Å². The van der Waals surface area contributed by atoms with E-state index in [0.29, 0.717) is 6.61 Å². The van der Waals surface area contributed by atoms with Crippen LogP contribution < -0.4 is 4.74 Å². The van der Waals surface area contributed by atoms with Crippen molar-refractivity contribution in [2.24, 2.45) is 0 Å². The summed E-state index contributed by atoms with van der Waals surface area (Å²) in [5, 5.41) is 5.01. The van der Waals surface area contributed by atoms with Gasteiger partial charge in [0.15, 0.2) is 0 Å². The number of ether oxygens (including phenoxy) is 1. The van der Waals surface area contributed by atoms with Gasteiger partial charge in [0.1, 0.15) is 12.4 Å². The number of thiophene rings is 1. The molecule has 84 valence electrons. The molecule has 0 N–H and O–H groups in total. The van der Waals surface area contributed by atoms with Crippen LogP contribution in [0, 0.1) is 0 Å². The van der Waals surface area contributed by atoms with Crippen LogP contribution in [0.2, 0.25) is 0 Å². The molecule has 0 radical (unpaired) electrons. The molecule has 0 saturated heterocycles. The fourth-order valence-corrected chi connectivity index (χ4v) is 2.82. The Morgan fingerprint density at radius 3 is 2.69 bits per heavy atom. The zero-order valence-electron chi connectivity index (χ0n) is 8.45. The number of rotatable bonds is 4. The lowest BCUT2D eigenvalue weighted by atomic mass is 10.2. The van der Waals surface area contributed by atoms with E-state index in [2.05, 4.69) is 60.8 Å². The van der Waals surface area contributed by atoms with E-state index in [4.69, 9.17) is 4.74 Å². The van der Waals surface area contributed by atoms with E-state index < -0.39 is 0 Å². The summed E-state index contributed by atoms with van der Waals surface area (Å²) in [4.78, 5) is 0. The van der Waals surface area contributed by atoms with E-state index in [1.807, 2.05) is 6.07 Å². The lowest BCUT2D eigenvalue weighted by Crippen LogP contribution is -1.94. The van der Waals surface area contributed by atoms with Crippen LogP contribution in [0.1, 0.15) is 11.1 Å². The summed E-state index contributed by atoms with van der Waals surface area (Å²) in [6, 6.07) is 8.19. The van der Waals surface area contributed by atoms with Crippen molar-refractivity contribution in [2.75, 3.05) is 0 Å². The van der Waals surface area contributed by atoms with Crippen molar-refractivity contribution in [1.82, 2.24) is 0 Å². The van der Waals surface area contributed by atoms with Crippen LogP contribution in [-0.2, 0) is 11.9 Å². The van der Waals surface area contributed by atoms with Gasteiger partial charge in [0, 0.05) is 5.33 Å². The molecule has 2 rings (SSSR count). The van der Waals surface area contributed by atoms with Crippen molar-refractivity contribution in [2.45, 2.75) is 11.9 Å². The van der Waals surface area contributed by atoms with Crippen LogP contribution in [-0.4, -0.2) is 0 Å². The van der Waals surface area contributed by atoms with Gasteiger partial charge in [0.25, 0.3) is 0 Å². The van der Waals surface area contributed by atoms with Gasteiger partial charge in [0.2, 0.25) is 0 Å². The average molecular weight is 362 g/mol. The molecule has 0 aliphatic heterocycles. The fraction of sp³-hybridized carbons (Fsp3) is 0.167. The third kappa shape index (κ3) is 3.09. The molecule has 16 heavy (non-hydrogen) atoms. The highest BCUT2D eigenvalue weighted by molar-refractivity contribution is 9.10. The number of benzene rings is 1. The molecule has 0 spiro atoms. The van der Waals surface area contributed by atoms with Crippen LogP contribution in [0.15, 0.2) is 39.5 Å². The van der Waals surface area contributed by atoms with Crippen LogP contribution >= 0.6 is 43.2 Å². The predicted molar refractivity (Wildman–Crippen MR) is 75.4 cm³/mol. The van der Waals surface area contributed by atoms with Crippen LogP contribution in [0.5, 0.6) is 5.75 Å². The standard InChI is InChI=1S/C12H10Br2OS/c13-6-9-1-2-12(11(14)5-9)15-7-10-3-4-16-8-10/h1-5,8H,6-7H2. The molecule has 1 aromatic carbocycles. The molecule has 0 unspecified atom stereocenters. The van der Waals surface area contributed by atoms with Crippen LogP contribution in [0.4, 0.5) is 0 Å². The second kappa shape index (κ2) is 5.84. The Kier molecular flexibility index (Phi) is 4.44. The molecule has 0 aliphatic carbocycles. The molecule has 2 aromatic rings. The average Bonchev–Trinajstić information content (AvgIpc) is 2.80. The maximum absolute atomic E-state index is 5.73. The third-order valence-electron chi connectivity index (χ3n) is 2.13. The summed E-state index contributed by atoms with van der Waals surface area (Å²) in [6.45, 7) is 0.621. The van der Waals surface area contributed by atoms with Gasteiger partial charge in [-0.15, -0.1) is 0 Å². The number of hydrogen-bond donors (Lipinski definition) is 0. The monoisotopic (exact) mass is 360 g/mol. The topological polar surface area (TPSA) is 9.23 Å². The molecule has 0 bridgehead atoms. The Labute approximate surface area is 116 Å². The molecular formula is C12H10Br2OS. The van der Waals surface area contributed by atoms with E-state index in [-0.39, 0.29) is 0 Å². The van der Waals surface area contributed by atoms with E-state index in [1.165, 1.54) is 11.1 Å². The maximum Gasteiger partial charge on any atom is 0.134 e. The van der Waals surface area contributed by atoms with Gasteiger partial charge in [-0.2, -0.15) is 11.3 Å². The molecule has 1 nitrogen and oxygen atoms in total. The van der Waals surface area contributed by atoms with Gasteiger partial charge < -0.3 is 4.74 Å². The van der Waals surface area contributed by atoms with Gasteiger partial charge in [-0.25, -0.2) is 0 Å². The molecular weight excluding hydrogens is 352 g/mol. The van der Waals surface area contributed by atoms with Crippen molar-refractivity contribution in [3.8, 4) is 5.75 Å². The summed E-state index contributed by atoms with van der Waals surface area (Å²) in [5.74, 6) is 0.885. The molecule has 1 heterocycles. The zero-order valence-corrected chi connectivity index (χ0v) is 12.4. The van der Waals surface area contributed by atoms with E-state index >= 15 is 0 Å². The second-order valence-electron chi connectivity index (χ2n) is 3.32. The first kappa shape index (κ1) is 12.1. The first-order chi connectivity index (χ1) is 7.79. The molecule has 1 aromatic heterocycles. The van der Waals surface area contributed by atoms with Gasteiger partial charge in [-0.1, -0.05) is 22.0 Å². The summed E-state index contributed by atoms with van der Waals surface area (Å²) >= 11 is 8.62. The second-order valence-corrected chi connectivity index (χ2v) is 5.51. The highest BCUT2D eigenvalue weighted by Gasteiger charge is 2.02. The summed E-state index contributed by atoms with van der Waals surface area (Å²) in [7, 11) is 0. The molecule has 0 amide bonds. The summed E-state index contributed by atoms with van der Waals surface area (Å²) in [5.41, 5.74) is 2.44. The Bertz CT molecular complexity index is 454. The van der Waals surface area contributed by atoms with Crippen molar-refractivity contribution in [3.63, 3.8) is 0 Å². The number of alkyl halides is 1. The Balaban J connectivity index is 2.04. The smallest absolute Gasteiger partial charge is 0.134 e.